The molecule has 0 atom stereocenters. The summed E-state index contributed by atoms with van der Waals surface area (Å²) in [5.41, 5.74) is 1.27. The van der Waals surface area contributed by atoms with Crippen LogP contribution >= 0.6 is 31.9 Å². The van der Waals surface area contributed by atoms with Gasteiger partial charge in [0, 0.05) is 8.95 Å². The molecule has 0 bridgehead atoms. The van der Waals surface area contributed by atoms with Crippen molar-refractivity contribution in [2.75, 3.05) is 0 Å². The van der Waals surface area contributed by atoms with E-state index >= 15 is 0 Å². The fraction of sp³-hybridized carbons (Fsp3) is 0.250. The summed E-state index contributed by atoms with van der Waals surface area (Å²) in [5, 5.41) is 5.13. The van der Waals surface area contributed by atoms with Crippen LogP contribution in [0.2, 0.25) is 0 Å². The number of hydrogen-bond acceptors (Lipinski definition) is 2. The highest BCUT2D eigenvalue weighted by molar-refractivity contribution is 9.11. The molecule has 0 spiro atoms. The second-order valence-corrected chi connectivity index (χ2v) is 6.17. The quantitative estimate of drug-likeness (QED) is 0.852. The van der Waals surface area contributed by atoms with Crippen molar-refractivity contribution in [1.29, 1.82) is 0 Å². The maximum absolute atomic E-state index is 11.3. The summed E-state index contributed by atoms with van der Waals surface area (Å²) in [6.45, 7) is 3.42. The average Bonchev–Trinajstić information content (AvgIpc) is 1.98. The molecule has 3 nitrogen and oxygen atoms in total. The zero-order chi connectivity index (χ0) is 11.1. The Balaban J connectivity index is 3.74. The van der Waals surface area contributed by atoms with Crippen LogP contribution in [0.3, 0.4) is 0 Å². The molecule has 1 aromatic carbocycles. The van der Waals surface area contributed by atoms with Gasteiger partial charge in [-0.05, 0) is 31.0 Å². The third-order valence-electron chi connectivity index (χ3n) is 1.94. The van der Waals surface area contributed by atoms with Crippen molar-refractivity contribution >= 4 is 41.9 Å². The molecule has 0 aliphatic rings. The highest BCUT2D eigenvalue weighted by Crippen LogP contribution is 2.31. The number of hydrogen-bond donors (Lipinski definition) is 1. The minimum atomic E-state index is -3.67. The fourth-order valence-electron chi connectivity index (χ4n) is 1.25. The van der Waals surface area contributed by atoms with E-state index in [1.165, 1.54) is 0 Å². The minimum absolute atomic E-state index is 0.179. The average molecular weight is 343 g/mol. The van der Waals surface area contributed by atoms with Gasteiger partial charge >= 0.3 is 0 Å². The zero-order valence-electron chi connectivity index (χ0n) is 7.64. The molecule has 0 aliphatic carbocycles. The second-order valence-electron chi connectivity index (χ2n) is 2.96. The van der Waals surface area contributed by atoms with Crippen molar-refractivity contribution in [3.8, 4) is 0 Å². The number of halogens is 2. The highest BCUT2D eigenvalue weighted by atomic mass is 79.9. The van der Waals surface area contributed by atoms with Gasteiger partial charge in [0.1, 0.15) is 0 Å². The summed E-state index contributed by atoms with van der Waals surface area (Å²) in [5.74, 6) is 0. The van der Waals surface area contributed by atoms with E-state index in [9.17, 15) is 8.42 Å². The summed E-state index contributed by atoms with van der Waals surface area (Å²) < 4.78 is 24.1. The Hall–Kier alpha value is 0.0900. The first-order valence-corrected chi connectivity index (χ1v) is 6.86. The highest BCUT2D eigenvalue weighted by Gasteiger charge is 2.18. The lowest BCUT2D eigenvalue weighted by molar-refractivity contribution is 0.596. The lowest BCUT2D eigenvalue weighted by atomic mass is 10.2. The molecule has 0 aromatic heterocycles. The van der Waals surface area contributed by atoms with Gasteiger partial charge in [-0.1, -0.05) is 31.9 Å². The van der Waals surface area contributed by atoms with Gasteiger partial charge in [-0.3, -0.25) is 0 Å². The Morgan fingerprint density at radius 3 is 1.79 bits per heavy atom. The van der Waals surface area contributed by atoms with Crippen molar-refractivity contribution in [1.82, 2.24) is 0 Å². The Bertz CT molecular complexity index is 456. The van der Waals surface area contributed by atoms with Crippen molar-refractivity contribution in [2.24, 2.45) is 5.14 Å². The maximum atomic E-state index is 11.3. The maximum Gasteiger partial charge on any atom is 0.238 e. The van der Waals surface area contributed by atoms with Gasteiger partial charge < -0.3 is 0 Å². The van der Waals surface area contributed by atoms with Crippen molar-refractivity contribution in [3.63, 3.8) is 0 Å². The number of sulfonamides is 1. The molecule has 1 aromatic rings. The molecule has 0 fully saturated rings. The molecule has 14 heavy (non-hydrogen) atoms. The van der Waals surface area contributed by atoms with E-state index in [-0.39, 0.29) is 4.90 Å². The Morgan fingerprint density at radius 2 is 1.50 bits per heavy atom. The molecule has 0 heterocycles. The summed E-state index contributed by atoms with van der Waals surface area (Å²) in [6, 6.07) is 1.80. The van der Waals surface area contributed by atoms with Crippen LogP contribution in [0, 0.1) is 13.8 Å². The first-order chi connectivity index (χ1) is 6.25. The molecule has 78 valence electrons. The topological polar surface area (TPSA) is 60.2 Å². The lowest BCUT2D eigenvalue weighted by Crippen LogP contribution is -2.15. The molecule has 0 unspecified atom stereocenters. The van der Waals surface area contributed by atoms with E-state index in [2.05, 4.69) is 31.9 Å². The molecule has 0 saturated heterocycles. The van der Waals surface area contributed by atoms with Gasteiger partial charge in [0.05, 0.1) is 4.90 Å². The minimum Gasteiger partial charge on any atom is -0.225 e. The molecule has 2 N–H and O–H groups in total. The van der Waals surface area contributed by atoms with E-state index in [0.29, 0.717) is 11.1 Å². The molecule has 0 amide bonds. The summed E-state index contributed by atoms with van der Waals surface area (Å²) in [7, 11) is -3.67. The van der Waals surface area contributed by atoms with Crippen LogP contribution in [0.15, 0.2) is 19.9 Å². The smallest absolute Gasteiger partial charge is 0.225 e. The van der Waals surface area contributed by atoms with E-state index in [1.54, 1.807) is 19.9 Å². The SMILES string of the molecule is Cc1c(Br)cc(Br)c(C)c1S(N)(=O)=O. The number of nitrogens with two attached hydrogens (primary N) is 1. The van der Waals surface area contributed by atoms with Gasteiger partial charge in [0.2, 0.25) is 10.0 Å². The third kappa shape index (κ3) is 2.18. The van der Waals surface area contributed by atoms with Gasteiger partial charge in [0.15, 0.2) is 0 Å². The fourth-order valence-corrected chi connectivity index (χ4v) is 3.75. The van der Waals surface area contributed by atoms with Crippen LogP contribution in [-0.2, 0) is 10.0 Å². The summed E-state index contributed by atoms with van der Waals surface area (Å²) in [6.07, 6.45) is 0. The largest absolute Gasteiger partial charge is 0.238 e. The molecular formula is C8H9Br2NO2S. The van der Waals surface area contributed by atoms with Gasteiger partial charge in [0.25, 0.3) is 0 Å². The van der Waals surface area contributed by atoms with E-state index in [4.69, 9.17) is 5.14 Å². The first-order valence-electron chi connectivity index (χ1n) is 3.73. The molecule has 6 heteroatoms. The van der Waals surface area contributed by atoms with E-state index in [1.807, 2.05) is 0 Å². The lowest BCUT2D eigenvalue weighted by Gasteiger charge is -2.10. The Labute approximate surface area is 100.0 Å². The number of rotatable bonds is 1. The van der Waals surface area contributed by atoms with Gasteiger partial charge in [-0.2, -0.15) is 0 Å². The van der Waals surface area contributed by atoms with Gasteiger partial charge in [-0.15, -0.1) is 0 Å². The van der Waals surface area contributed by atoms with Crippen LogP contribution in [0.4, 0.5) is 0 Å². The Kier molecular flexibility index (Phi) is 3.41. The predicted molar refractivity (Wildman–Crippen MR) is 62.7 cm³/mol. The zero-order valence-corrected chi connectivity index (χ0v) is 11.6. The molecule has 0 saturated carbocycles. The van der Waals surface area contributed by atoms with Crippen molar-refractivity contribution in [2.45, 2.75) is 18.7 Å². The van der Waals surface area contributed by atoms with E-state index in [0.717, 1.165) is 8.95 Å². The normalized spacial score (nSPS) is 11.8. The van der Waals surface area contributed by atoms with Crippen molar-refractivity contribution < 1.29 is 8.42 Å². The molecule has 0 radical (unpaired) electrons. The molecular weight excluding hydrogens is 334 g/mol. The number of primary sulfonamides is 1. The standard InChI is InChI=1S/C8H9Br2NO2S/c1-4-6(9)3-7(10)5(2)8(4)14(11,12)13/h3H,1-2H3,(H2,11,12,13). The van der Waals surface area contributed by atoms with Crippen LogP contribution in [0.25, 0.3) is 0 Å². The molecule has 0 aliphatic heterocycles. The van der Waals surface area contributed by atoms with Crippen LogP contribution in [0.5, 0.6) is 0 Å². The monoisotopic (exact) mass is 341 g/mol. The van der Waals surface area contributed by atoms with Crippen LogP contribution < -0.4 is 5.14 Å². The summed E-state index contributed by atoms with van der Waals surface area (Å²) >= 11 is 6.55. The van der Waals surface area contributed by atoms with E-state index < -0.39 is 10.0 Å². The Morgan fingerprint density at radius 1 is 1.14 bits per heavy atom. The first kappa shape index (κ1) is 12.2. The van der Waals surface area contributed by atoms with Gasteiger partial charge in [-0.25, -0.2) is 13.6 Å². The van der Waals surface area contributed by atoms with Crippen molar-refractivity contribution in [3.05, 3.63) is 26.1 Å². The van der Waals surface area contributed by atoms with Crippen LogP contribution in [0.1, 0.15) is 11.1 Å². The molecule has 1 rings (SSSR count). The number of benzene rings is 1. The summed E-state index contributed by atoms with van der Waals surface area (Å²) in [4.78, 5) is 0.179. The third-order valence-corrected chi connectivity index (χ3v) is 4.76. The van der Waals surface area contributed by atoms with Crippen LogP contribution in [-0.4, -0.2) is 8.42 Å². The predicted octanol–water partition coefficient (Wildman–Crippen LogP) is 2.48. The second kappa shape index (κ2) is 3.92.